The molecule has 0 saturated heterocycles. The Balaban J connectivity index is 2.41. The molecule has 0 aliphatic heterocycles. The molecule has 6 nitrogen and oxygen atoms in total. The molecule has 0 unspecified atom stereocenters. The van der Waals surface area contributed by atoms with E-state index in [1.165, 1.54) is 11.0 Å². The molecule has 2 aromatic heterocycles. The fourth-order valence-electron chi connectivity index (χ4n) is 1.99. The topological polar surface area (TPSA) is 76.9 Å². The highest BCUT2D eigenvalue weighted by molar-refractivity contribution is 7.88. The third-order valence-corrected chi connectivity index (χ3v) is 4.28. The van der Waals surface area contributed by atoms with Crippen molar-refractivity contribution in [2.45, 2.75) is 0 Å². The van der Waals surface area contributed by atoms with Crippen molar-refractivity contribution in [3.8, 4) is 11.5 Å². The number of benzene rings is 1. The van der Waals surface area contributed by atoms with Gasteiger partial charge in [-0.1, -0.05) is 18.2 Å². The average molecular weight is 288 g/mol. The highest BCUT2D eigenvalue weighted by Crippen LogP contribution is 2.24. The highest BCUT2D eigenvalue weighted by atomic mass is 32.2. The zero-order valence-electron chi connectivity index (χ0n) is 10.7. The minimum absolute atomic E-state index is 0.293. The van der Waals surface area contributed by atoms with E-state index < -0.39 is 10.2 Å². The van der Waals surface area contributed by atoms with E-state index in [9.17, 15) is 8.42 Å². The van der Waals surface area contributed by atoms with Crippen molar-refractivity contribution in [2.75, 3.05) is 7.05 Å². The number of nitrogens with one attached hydrogen (secondary N) is 1. The molecule has 1 aromatic carbocycles. The second-order valence-corrected chi connectivity index (χ2v) is 5.84. The molecule has 2 heterocycles. The van der Waals surface area contributed by atoms with Crippen LogP contribution in [0.4, 0.5) is 0 Å². The Kier molecular flexibility index (Phi) is 3.00. The number of hydrogen-bond acceptors (Lipinski definition) is 4. The summed E-state index contributed by atoms with van der Waals surface area (Å²) in [7, 11) is -2.33. The summed E-state index contributed by atoms with van der Waals surface area (Å²) in [6.07, 6.45) is 1.60. The van der Waals surface area contributed by atoms with E-state index in [4.69, 9.17) is 0 Å². The molecular weight excluding hydrogens is 276 g/mol. The molecule has 1 N–H and O–H groups in total. The number of pyridine rings is 1. The molecule has 0 fully saturated rings. The van der Waals surface area contributed by atoms with Gasteiger partial charge in [-0.15, -0.1) is 0 Å². The Morgan fingerprint density at radius 3 is 2.55 bits per heavy atom. The van der Waals surface area contributed by atoms with Gasteiger partial charge >= 0.3 is 10.2 Å². The smallest absolute Gasteiger partial charge is 0.253 e. The van der Waals surface area contributed by atoms with Gasteiger partial charge in [-0.05, 0) is 24.3 Å². The predicted octanol–water partition coefficient (Wildman–Crippen LogP) is 1.41. The molecule has 7 heteroatoms. The van der Waals surface area contributed by atoms with Gasteiger partial charge in [0.05, 0.1) is 11.0 Å². The molecule has 3 aromatic rings. The van der Waals surface area contributed by atoms with Crippen molar-refractivity contribution in [3.05, 3.63) is 48.7 Å². The summed E-state index contributed by atoms with van der Waals surface area (Å²) in [6.45, 7) is 0. The van der Waals surface area contributed by atoms with Crippen LogP contribution in [-0.2, 0) is 10.2 Å². The molecule has 102 valence electrons. The van der Waals surface area contributed by atoms with Crippen molar-refractivity contribution in [3.63, 3.8) is 0 Å². The standard InChI is InChI=1S/C13H12N4O2S/c1-14-20(18,19)17-12-8-3-2-6-10(12)16-13(17)11-7-4-5-9-15-11/h2-9,14H,1H3. The average Bonchev–Trinajstić information content (AvgIpc) is 2.88. The number of hydrogen-bond donors (Lipinski definition) is 1. The summed E-state index contributed by atoms with van der Waals surface area (Å²) < 4.78 is 28.0. The minimum atomic E-state index is -3.70. The van der Waals surface area contributed by atoms with Gasteiger partial charge < -0.3 is 0 Å². The monoisotopic (exact) mass is 288 g/mol. The van der Waals surface area contributed by atoms with Crippen molar-refractivity contribution in [1.82, 2.24) is 18.7 Å². The SMILES string of the molecule is CNS(=O)(=O)n1c(-c2ccccn2)nc2ccccc21. The van der Waals surface area contributed by atoms with E-state index in [1.807, 2.05) is 6.07 Å². The molecule has 0 spiro atoms. The van der Waals surface area contributed by atoms with Gasteiger partial charge in [0, 0.05) is 13.2 Å². The van der Waals surface area contributed by atoms with E-state index in [-0.39, 0.29) is 0 Å². The van der Waals surface area contributed by atoms with Crippen LogP contribution in [0.25, 0.3) is 22.6 Å². The predicted molar refractivity (Wildman–Crippen MR) is 76.3 cm³/mol. The van der Waals surface area contributed by atoms with Gasteiger partial charge in [0.15, 0.2) is 5.82 Å². The Morgan fingerprint density at radius 1 is 1.10 bits per heavy atom. The van der Waals surface area contributed by atoms with Crippen molar-refractivity contribution in [2.24, 2.45) is 0 Å². The second kappa shape index (κ2) is 4.69. The largest absolute Gasteiger partial charge is 0.307 e. The van der Waals surface area contributed by atoms with Gasteiger partial charge in [0.25, 0.3) is 0 Å². The summed E-state index contributed by atoms with van der Waals surface area (Å²) in [5.74, 6) is 0.293. The molecule has 0 amide bonds. The fourth-order valence-corrected chi connectivity index (χ4v) is 2.95. The first-order valence-electron chi connectivity index (χ1n) is 5.96. The normalized spacial score (nSPS) is 11.8. The summed E-state index contributed by atoms with van der Waals surface area (Å²) >= 11 is 0. The van der Waals surface area contributed by atoms with E-state index in [1.54, 1.807) is 42.6 Å². The Hall–Kier alpha value is -2.25. The molecule has 20 heavy (non-hydrogen) atoms. The van der Waals surface area contributed by atoms with Crippen LogP contribution in [0.1, 0.15) is 0 Å². The number of rotatable bonds is 3. The lowest BCUT2D eigenvalue weighted by Gasteiger charge is -2.08. The first-order valence-corrected chi connectivity index (χ1v) is 7.40. The lowest BCUT2D eigenvalue weighted by Crippen LogP contribution is -2.27. The van der Waals surface area contributed by atoms with Crippen molar-refractivity contribution >= 4 is 21.2 Å². The minimum Gasteiger partial charge on any atom is -0.253 e. The van der Waals surface area contributed by atoms with Gasteiger partial charge in [0.2, 0.25) is 0 Å². The lowest BCUT2D eigenvalue weighted by atomic mass is 10.3. The summed E-state index contributed by atoms with van der Waals surface area (Å²) in [5, 5.41) is 0. The zero-order chi connectivity index (χ0) is 14.2. The first-order chi connectivity index (χ1) is 9.63. The third kappa shape index (κ3) is 1.97. The Bertz CT molecular complexity index is 856. The third-order valence-electron chi connectivity index (χ3n) is 2.91. The van der Waals surface area contributed by atoms with Gasteiger partial charge in [-0.3, -0.25) is 4.98 Å². The van der Waals surface area contributed by atoms with E-state index in [2.05, 4.69) is 14.7 Å². The van der Waals surface area contributed by atoms with Gasteiger partial charge in [-0.2, -0.15) is 8.42 Å². The number of nitrogens with zero attached hydrogens (tertiary/aromatic N) is 3. The second-order valence-electron chi connectivity index (χ2n) is 4.11. The number of aromatic nitrogens is 3. The highest BCUT2D eigenvalue weighted by Gasteiger charge is 2.21. The first kappa shape index (κ1) is 12.8. The maximum Gasteiger partial charge on any atom is 0.307 e. The van der Waals surface area contributed by atoms with E-state index >= 15 is 0 Å². The van der Waals surface area contributed by atoms with Crippen molar-refractivity contribution < 1.29 is 8.42 Å². The summed E-state index contributed by atoms with van der Waals surface area (Å²) in [6, 6.07) is 12.3. The van der Waals surface area contributed by atoms with Gasteiger partial charge in [0.1, 0.15) is 5.69 Å². The van der Waals surface area contributed by atoms with Gasteiger partial charge in [-0.25, -0.2) is 13.7 Å². The van der Waals surface area contributed by atoms with E-state index in [0.29, 0.717) is 22.6 Å². The van der Waals surface area contributed by atoms with Crippen LogP contribution >= 0.6 is 0 Å². The van der Waals surface area contributed by atoms with E-state index in [0.717, 1.165) is 0 Å². The van der Waals surface area contributed by atoms with Crippen LogP contribution in [0.5, 0.6) is 0 Å². The Morgan fingerprint density at radius 2 is 1.85 bits per heavy atom. The molecule has 0 atom stereocenters. The number of fused-ring (bicyclic) bond motifs is 1. The summed E-state index contributed by atoms with van der Waals surface area (Å²) in [4.78, 5) is 8.56. The maximum atomic E-state index is 12.3. The fraction of sp³-hybridized carbons (Fsp3) is 0.0769. The quantitative estimate of drug-likeness (QED) is 0.790. The molecule has 0 saturated carbocycles. The Labute approximate surface area is 116 Å². The lowest BCUT2D eigenvalue weighted by molar-refractivity contribution is 0.581. The van der Waals surface area contributed by atoms with Crippen LogP contribution in [-0.4, -0.2) is 29.4 Å². The molecule has 0 radical (unpaired) electrons. The van der Waals surface area contributed by atoms with Crippen LogP contribution in [0.15, 0.2) is 48.7 Å². The van der Waals surface area contributed by atoms with Crippen LogP contribution in [0, 0.1) is 0 Å². The molecule has 0 bridgehead atoms. The maximum absolute atomic E-state index is 12.3. The summed E-state index contributed by atoms with van der Waals surface area (Å²) in [5.41, 5.74) is 1.62. The van der Waals surface area contributed by atoms with Crippen LogP contribution in [0.3, 0.4) is 0 Å². The molecule has 0 aliphatic rings. The van der Waals surface area contributed by atoms with Crippen molar-refractivity contribution in [1.29, 1.82) is 0 Å². The zero-order valence-corrected chi connectivity index (χ0v) is 11.5. The number of para-hydroxylation sites is 2. The molecular formula is C13H12N4O2S. The molecule has 3 rings (SSSR count). The molecule has 0 aliphatic carbocycles. The number of imidazole rings is 1. The van der Waals surface area contributed by atoms with Crippen LogP contribution in [0.2, 0.25) is 0 Å². The van der Waals surface area contributed by atoms with Crippen LogP contribution < -0.4 is 4.72 Å².